The number of aryl methyl sites for hydroxylation is 1. The second-order valence-corrected chi connectivity index (χ2v) is 6.46. The first kappa shape index (κ1) is 16.0. The molecule has 2 heterocycles. The van der Waals surface area contributed by atoms with Crippen molar-refractivity contribution in [2.24, 2.45) is 4.99 Å². The molecule has 25 heavy (non-hydrogen) atoms. The molecule has 0 unspecified atom stereocenters. The highest BCUT2D eigenvalue weighted by Crippen LogP contribution is 2.40. The molecule has 3 aromatic rings. The van der Waals surface area contributed by atoms with Crippen LogP contribution in [0.15, 0.2) is 41.4 Å². The summed E-state index contributed by atoms with van der Waals surface area (Å²) in [5.41, 5.74) is 4.77. The summed E-state index contributed by atoms with van der Waals surface area (Å²) in [4.78, 5) is 4.85. The van der Waals surface area contributed by atoms with Crippen LogP contribution in [0.1, 0.15) is 16.8 Å². The Bertz CT molecular complexity index is 1010. The first-order chi connectivity index (χ1) is 12.1. The van der Waals surface area contributed by atoms with Crippen molar-refractivity contribution in [2.45, 2.75) is 6.92 Å². The zero-order valence-electron chi connectivity index (χ0n) is 13.5. The average Bonchev–Trinajstić information content (AvgIpc) is 2.85. The van der Waals surface area contributed by atoms with Gasteiger partial charge in [0.25, 0.3) is 0 Å². The molecule has 0 bridgehead atoms. The largest absolute Gasteiger partial charge is 0.495 e. The van der Waals surface area contributed by atoms with E-state index in [2.05, 4.69) is 15.5 Å². The highest BCUT2D eigenvalue weighted by Gasteiger charge is 2.24. The minimum absolute atomic E-state index is 0.503. The van der Waals surface area contributed by atoms with E-state index in [-0.39, 0.29) is 0 Å². The van der Waals surface area contributed by atoms with Gasteiger partial charge in [-0.2, -0.15) is 5.10 Å². The molecule has 0 aliphatic carbocycles. The molecule has 4 rings (SSSR count). The molecular weight excluding hydrogens is 359 g/mol. The molecule has 7 heteroatoms. The molecule has 0 amide bonds. The maximum absolute atomic E-state index is 6.44. The molecule has 2 N–H and O–H groups in total. The Morgan fingerprint density at radius 1 is 1.04 bits per heavy atom. The van der Waals surface area contributed by atoms with Gasteiger partial charge in [-0.15, -0.1) is 0 Å². The van der Waals surface area contributed by atoms with Gasteiger partial charge in [-0.05, 0) is 25.1 Å². The lowest BCUT2D eigenvalue weighted by molar-refractivity contribution is 0.415. The van der Waals surface area contributed by atoms with E-state index < -0.39 is 0 Å². The summed E-state index contributed by atoms with van der Waals surface area (Å²) in [7, 11) is 1.58. The number of anilines is 2. The number of nitrogens with zero attached hydrogens (tertiary/aromatic N) is 2. The third-order valence-corrected chi connectivity index (χ3v) is 4.69. The minimum atomic E-state index is 0.503. The Balaban J connectivity index is 2.05. The molecule has 1 aromatic heterocycles. The van der Waals surface area contributed by atoms with Gasteiger partial charge in [0, 0.05) is 16.1 Å². The van der Waals surface area contributed by atoms with Crippen LogP contribution in [0.25, 0.3) is 0 Å². The van der Waals surface area contributed by atoms with Crippen LogP contribution in [-0.2, 0) is 0 Å². The number of aromatic amines is 1. The van der Waals surface area contributed by atoms with Crippen LogP contribution in [-0.4, -0.2) is 23.0 Å². The Morgan fingerprint density at radius 2 is 1.84 bits per heavy atom. The third kappa shape index (κ3) is 2.65. The molecule has 0 fully saturated rings. The van der Waals surface area contributed by atoms with Gasteiger partial charge in [0.2, 0.25) is 0 Å². The molecule has 0 spiro atoms. The highest BCUT2D eigenvalue weighted by molar-refractivity contribution is 6.36. The molecule has 2 aromatic carbocycles. The lowest BCUT2D eigenvalue weighted by atomic mass is 10.00. The van der Waals surface area contributed by atoms with E-state index in [1.807, 2.05) is 37.3 Å². The number of H-pyrrole nitrogens is 1. The normalized spacial score (nSPS) is 12.6. The summed E-state index contributed by atoms with van der Waals surface area (Å²) in [6.07, 6.45) is 0. The number of aliphatic imine (C=N–C) groups is 1. The maximum Gasteiger partial charge on any atom is 0.178 e. The van der Waals surface area contributed by atoms with Gasteiger partial charge in [0.1, 0.15) is 11.4 Å². The number of halogens is 2. The zero-order valence-corrected chi connectivity index (χ0v) is 15.0. The van der Waals surface area contributed by atoms with Crippen molar-refractivity contribution in [3.05, 3.63) is 63.3 Å². The predicted molar refractivity (Wildman–Crippen MR) is 101 cm³/mol. The van der Waals surface area contributed by atoms with Gasteiger partial charge in [-0.1, -0.05) is 41.4 Å². The molecule has 0 radical (unpaired) electrons. The Kier molecular flexibility index (Phi) is 3.90. The number of fused-ring (bicyclic) bond motifs is 2. The van der Waals surface area contributed by atoms with Gasteiger partial charge in [-0.3, -0.25) is 5.10 Å². The summed E-state index contributed by atoms with van der Waals surface area (Å²) in [5, 5.41) is 11.7. The lowest BCUT2D eigenvalue weighted by Crippen LogP contribution is -2.06. The number of aromatic nitrogens is 2. The van der Waals surface area contributed by atoms with E-state index in [4.69, 9.17) is 32.9 Å². The van der Waals surface area contributed by atoms with Crippen molar-refractivity contribution >= 4 is 46.1 Å². The van der Waals surface area contributed by atoms with Gasteiger partial charge in [0.15, 0.2) is 5.82 Å². The van der Waals surface area contributed by atoms with E-state index in [9.17, 15) is 0 Å². The number of ether oxygens (including phenoxy) is 1. The van der Waals surface area contributed by atoms with E-state index in [1.54, 1.807) is 13.2 Å². The van der Waals surface area contributed by atoms with E-state index >= 15 is 0 Å². The fourth-order valence-electron chi connectivity index (χ4n) is 2.81. The molecule has 0 atom stereocenters. The smallest absolute Gasteiger partial charge is 0.178 e. The van der Waals surface area contributed by atoms with Crippen LogP contribution in [0.4, 0.5) is 17.2 Å². The van der Waals surface area contributed by atoms with Crippen molar-refractivity contribution < 1.29 is 4.74 Å². The summed E-state index contributed by atoms with van der Waals surface area (Å²) < 4.78 is 5.38. The summed E-state index contributed by atoms with van der Waals surface area (Å²) >= 11 is 12.8. The van der Waals surface area contributed by atoms with Crippen LogP contribution in [0.2, 0.25) is 10.0 Å². The van der Waals surface area contributed by atoms with Crippen LogP contribution in [0.3, 0.4) is 0 Å². The molecule has 0 saturated heterocycles. The number of hydrogen-bond acceptors (Lipinski definition) is 4. The quantitative estimate of drug-likeness (QED) is 0.504. The monoisotopic (exact) mass is 372 g/mol. The van der Waals surface area contributed by atoms with Crippen molar-refractivity contribution in [1.29, 1.82) is 0 Å². The van der Waals surface area contributed by atoms with Crippen molar-refractivity contribution in [3.63, 3.8) is 0 Å². The summed E-state index contributed by atoms with van der Waals surface area (Å²) in [6.45, 7) is 1.92. The molecule has 126 valence electrons. The number of hydrogen-bond donors (Lipinski definition) is 2. The van der Waals surface area contributed by atoms with E-state index in [0.717, 1.165) is 33.9 Å². The summed E-state index contributed by atoms with van der Waals surface area (Å²) in [5.74, 6) is 1.21. The van der Waals surface area contributed by atoms with Gasteiger partial charge >= 0.3 is 0 Å². The number of benzene rings is 2. The van der Waals surface area contributed by atoms with Crippen LogP contribution < -0.4 is 10.1 Å². The second-order valence-electron chi connectivity index (χ2n) is 5.64. The van der Waals surface area contributed by atoms with Crippen LogP contribution in [0, 0.1) is 6.92 Å². The minimum Gasteiger partial charge on any atom is -0.495 e. The second kappa shape index (κ2) is 6.10. The molecule has 0 saturated carbocycles. The molecular formula is C18H14Cl2N4O. The van der Waals surface area contributed by atoms with Crippen LogP contribution in [0.5, 0.6) is 5.75 Å². The molecule has 5 nitrogen and oxygen atoms in total. The molecule has 1 aliphatic rings. The first-order valence-corrected chi connectivity index (χ1v) is 8.37. The first-order valence-electron chi connectivity index (χ1n) is 7.62. The number of rotatable bonds is 2. The fourth-order valence-corrected chi connectivity index (χ4v) is 3.28. The third-order valence-electron chi connectivity index (χ3n) is 4.07. The Morgan fingerprint density at radius 3 is 2.60 bits per heavy atom. The number of nitrogens with one attached hydrogen (secondary N) is 2. The highest BCUT2D eigenvalue weighted by atomic mass is 35.5. The van der Waals surface area contributed by atoms with Gasteiger partial charge in [0.05, 0.1) is 29.2 Å². The maximum atomic E-state index is 6.44. The van der Waals surface area contributed by atoms with Gasteiger partial charge in [-0.25, -0.2) is 4.99 Å². The predicted octanol–water partition coefficient (Wildman–Crippen LogP) is 5.26. The van der Waals surface area contributed by atoms with E-state index in [0.29, 0.717) is 21.6 Å². The van der Waals surface area contributed by atoms with E-state index in [1.165, 1.54) is 0 Å². The van der Waals surface area contributed by atoms with Crippen LogP contribution >= 0.6 is 23.2 Å². The Hall–Kier alpha value is -2.50. The van der Waals surface area contributed by atoms with Crippen molar-refractivity contribution in [3.8, 4) is 5.75 Å². The average molecular weight is 373 g/mol. The standard InChI is InChI=1S/C18H14Cl2N4O/c1-9-16-18(24-23-9)21-14-8-13(20)15(25-2)7-11(14)17(22-16)10-5-3-4-6-12(10)19/h3-8H,1-2H3,(H2,21,23,24). The zero-order chi connectivity index (χ0) is 17.6. The van der Waals surface area contributed by atoms with Crippen molar-refractivity contribution in [2.75, 3.05) is 12.4 Å². The summed E-state index contributed by atoms with van der Waals surface area (Å²) in [6, 6.07) is 11.3. The SMILES string of the molecule is COc1cc2c(cc1Cl)Nc1n[nH]c(C)c1N=C2c1ccccc1Cl. The van der Waals surface area contributed by atoms with Gasteiger partial charge < -0.3 is 10.1 Å². The molecule has 1 aliphatic heterocycles. The van der Waals surface area contributed by atoms with Crippen molar-refractivity contribution in [1.82, 2.24) is 10.2 Å². The topological polar surface area (TPSA) is 62.3 Å². The number of methoxy groups -OCH3 is 1. The Labute approximate surface area is 154 Å². The lowest BCUT2D eigenvalue weighted by Gasteiger charge is -2.14. The fraction of sp³-hybridized carbons (Fsp3) is 0.111.